The molecule has 0 atom stereocenters. The van der Waals surface area contributed by atoms with E-state index in [1.54, 1.807) is 24.5 Å². The number of carbonyl (C=O) groups excluding carboxylic acids is 1. The molecule has 0 amide bonds. The minimum Gasteiger partial charge on any atom is -0.458 e. The van der Waals surface area contributed by atoms with Gasteiger partial charge < -0.3 is 22.0 Å². The second kappa shape index (κ2) is 7.42. The number of hydrogen-bond acceptors (Lipinski definition) is 3. The molecule has 0 unspecified atom stereocenters. The van der Waals surface area contributed by atoms with E-state index in [4.69, 9.17) is 4.74 Å². The summed E-state index contributed by atoms with van der Waals surface area (Å²) >= 11 is 0. The second-order valence-corrected chi connectivity index (χ2v) is 2.62. The van der Waals surface area contributed by atoms with Crippen LogP contribution in [0.25, 0.3) is 0 Å². The SMILES string of the molecule is C=CCOC(=O)c1ccncc1.F[B-](F)(F)F. The molecule has 0 aliphatic rings. The van der Waals surface area contributed by atoms with Crippen molar-refractivity contribution in [3.63, 3.8) is 0 Å². The van der Waals surface area contributed by atoms with Crippen molar-refractivity contribution in [1.82, 2.24) is 4.98 Å². The van der Waals surface area contributed by atoms with E-state index in [1.165, 1.54) is 6.08 Å². The number of aromatic nitrogens is 1. The fourth-order valence-electron chi connectivity index (χ4n) is 0.706. The summed E-state index contributed by atoms with van der Waals surface area (Å²) in [4.78, 5) is 14.9. The molecule has 1 heterocycles. The first-order valence-electron chi connectivity index (χ1n) is 4.40. The maximum absolute atomic E-state index is 11.1. The third kappa shape index (κ3) is 10.4. The van der Waals surface area contributed by atoms with Crippen LogP contribution in [-0.4, -0.2) is 24.8 Å². The molecule has 0 spiro atoms. The predicted octanol–water partition coefficient (Wildman–Crippen LogP) is 2.72. The molecule has 17 heavy (non-hydrogen) atoms. The summed E-state index contributed by atoms with van der Waals surface area (Å²) in [6, 6.07) is 3.21. The van der Waals surface area contributed by atoms with Gasteiger partial charge in [-0.3, -0.25) is 4.98 Å². The Morgan fingerprint density at radius 3 is 2.24 bits per heavy atom. The van der Waals surface area contributed by atoms with Crippen LogP contribution in [0.5, 0.6) is 0 Å². The van der Waals surface area contributed by atoms with Crippen molar-refractivity contribution in [2.45, 2.75) is 0 Å². The van der Waals surface area contributed by atoms with Crippen LogP contribution in [0, 0.1) is 0 Å². The quantitative estimate of drug-likeness (QED) is 0.358. The van der Waals surface area contributed by atoms with Gasteiger partial charge in [-0.1, -0.05) is 12.7 Å². The molecule has 3 nitrogen and oxygen atoms in total. The van der Waals surface area contributed by atoms with Gasteiger partial charge in [0.2, 0.25) is 0 Å². The van der Waals surface area contributed by atoms with Gasteiger partial charge in [0.15, 0.2) is 0 Å². The maximum atomic E-state index is 11.1. The highest BCUT2D eigenvalue weighted by molar-refractivity contribution is 6.50. The molecule has 94 valence electrons. The summed E-state index contributed by atoms with van der Waals surface area (Å²) in [5.41, 5.74) is 0.506. The first-order chi connectivity index (χ1) is 7.84. The van der Waals surface area contributed by atoms with Crippen LogP contribution >= 0.6 is 0 Å². The van der Waals surface area contributed by atoms with Crippen molar-refractivity contribution in [3.8, 4) is 0 Å². The van der Waals surface area contributed by atoms with Crippen molar-refractivity contribution in [2.75, 3.05) is 6.61 Å². The van der Waals surface area contributed by atoms with Gasteiger partial charge in [0.1, 0.15) is 6.61 Å². The van der Waals surface area contributed by atoms with Gasteiger partial charge in [-0.25, -0.2) is 4.79 Å². The fourth-order valence-corrected chi connectivity index (χ4v) is 0.706. The van der Waals surface area contributed by atoms with Gasteiger partial charge in [0.05, 0.1) is 5.56 Å². The molecular weight excluding hydrogens is 241 g/mol. The van der Waals surface area contributed by atoms with Crippen LogP contribution in [0.15, 0.2) is 37.2 Å². The molecule has 1 aromatic rings. The van der Waals surface area contributed by atoms with Gasteiger partial charge in [0.25, 0.3) is 0 Å². The first kappa shape index (κ1) is 15.1. The number of rotatable bonds is 3. The Bertz CT molecular complexity index is 350. The highest BCUT2D eigenvalue weighted by atomic mass is 19.5. The molecule has 0 aliphatic heterocycles. The number of halogens is 4. The average Bonchev–Trinajstić information content (AvgIpc) is 2.25. The lowest BCUT2D eigenvalue weighted by Gasteiger charge is -1.99. The van der Waals surface area contributed by atoms with Crippen molar-refractivity contribution in [3.05, 3.63) is 42.7 Å². The van der Waals surface area contributed by atoms with E-state index >= 15 is 0 Å². The molecule has 0 saturated heterocycles. The zero-order valence-corrected chi connectivity index (χ0v) is 8.65. The molecule has 1 rings (SSSR count). The van der Waals surface area contributed by atoms with E-state index in [1.807, 2.05) is 0 Å². The summed E-state index contributed by atoms with van der Waals surface area (Å²) in [5, 5.41) is 0. The van der Waals surface area contributed by atoms with Crippen molar-refractivity contribution in [2.24, 2.45) is 0 Å². The average molecular weight is 250 g/mol. The molecule has 8 heteroatoms. The molecule has 0 aliphatic carbocycles. The molecular formula is C9H9BF4NO2-. The lowest BCUT2D eigenvalue weighted by Crippen LogP contribution is -2.04. The predicted molar refractivity (Wildman–Crippen MR) is 54.9 cm³/mol. The Hall–Kier alpha value is -1.86. The Balaban J connectivity index is 0.000000437. The minimum atomic E-state index is -6.00. The maximum Gasteiger partial charge on any atom is 0.673 e. The van der Waals surface area contributed by atoms with Crippen LogP contribution < -0.4 is 0 Å². The first-order valence-corrected chi connectivity index (χ1v) is 4.40. The Morgan fingerprint density at radius 2 is 1.82 bits per heavy atom. The van der Waals surface area contributed by atoms with Crippen LogP contribution in [0.2, 0.25) is 0 Å². The lowest BCUT2D eigenvalue weighted by atomic mass is 10.3. The van der Waals surface area contributed by atoms with Crippen LogP contribution in [0.3, 0.4) is 0 Å². The largest absolute Gasteiger partial charge is 0.673 e. The number of ether oxygens (including phenoxy) is 1. The van der Waals surface area contributed by atoms with Crippen molar-refractivity contribution < 1.29 is 26.8 Å². The summed E-state index contributed by atoms with van der Waals surface area (Å²) < 4.78 is 43.8. The van der Waals surface area contributed by atoms with Gasteiger partial charge in [0, 0.05) is 12.4 Å². The molecule has 0 fully saturated rings. The van der Waals surface area contributed by atoms with E-state index in [-0.39, 0.29) is 12.6 Å². The number of hydrogen-bond donors (Lipinski definition) is 0. The molecule has 0 saturated carbocycles. The van der Waals surface area contributed by atoms with Crippen molar-refractivity contribution in [1.29, 1.82) is 0 Å². The van der Waals surface area contributed by atoms with Gasteiger partial charge in [-0.05, 0) is 12.1 Å². The number of nitrogens with zero attached hydrogens (tertiary/aromatic N) is 1. The van der Waals surface area contributed by atoms with E-state index in [9.17, 15) is 22.1 Å². The standard InChI is InChI=1S/C9H9NO2.BF4/c1-2-7-12-9(11)8-3-5-10-6-4-8;2-1(3,4)5/h2-6H,1,7H2;/q;-1. The Kier molecular flexibility index (Phi) is 6.61. The van der Waals surface area contributed by atoms with Gasteiger partial charge >= 0.3 is 13.2 Å². The zero-order valence-electron chi connectivity index (χ0n) is 8.65. The van der Waals surface area contributed by atoms with Gasteiger partial charge in [-0.15, -0.1) is 0 Å². The normalized spacial score (nSPS) is 9.88. The second-order valence-electron chi connectivity index (χ2n) is 2.62. The smallest absolute Gasteiger partial charge is 0.458 e. The Morgan fingerprint density at radius 1 is 1.35 bits per heavy atom. The third-order valence-electron chi connectivity index (χ3n) is 1.25. The summed E-state index contributed by atoms with van der Waals surface area (Å²) in [5.74, 6) is -0.350. The highest BCUT2D eigenvalue weighted by Crippen LogP contribution is 2.06. The lowest BCUT2D eigenvalue weighted by molar-refractivity contribution is 0.0549. The zero-order chi connectivity index (χ0) is 13.3. The summed E-state index contributed by atoms with van der Waals surface area (Å²) in [6.45, 7) is 3.67. The number of esters is 1. The van der Waals surface area contributed by atoms with E-state index < -0.39 is 7.25 Å². The Labute approximate surface area is 95.2 Å². The summed E-state index contributed by atoms with van der Waals surface area (Å²) in [6.07, 6.45) is 4.62. The van der Waals surface area contributed by atoms with Gasteiger partial charge in [-0.2, -0.15) is 0 Å². The number of pyridine rings is 1. The summed E-state index contributed by atoms with van der Waals surface area (Å²) in [7, 11) is -6.00. The van der Waals surface area contributed by atoms with Crippen molar-refractivity contribution >= 4 is 13.2 Å². The minimum absolute atomic E-state index is 0.237. The monoisotopic (exact) mass is 250 g/mol. The molecule has 0 bridgehead atoms. The van der Waals surface area contributed by atoms with E-state index in [2.05, 4.69) is 11.6 Å². The van der Waals surface area contributed by atoms with Crippen LogP contribution in [-0.2, 0) is 4.74 Å². The molecule has 0 radical (unpaired) electrons. The molecule has 1 aromatic heterocycles. The third-order valence-corrected chi connectivity index (χ3v) is 1.25. The molecule has 0 aromatic carbocycles. The topological polar surface area (TPSA) is 39.2 Å². The van der Waals surface area contributed by atoms with E-state index in [0.717, 1.165) is 0 Å². The van der Waals surface area contributed by atoms with E-state index in [0.29, 0.717) is 5.56 Å². The van der Waals surface area contributed by atoms with Crippen LogP contribution in [0.4, 0.5) is 17.3 Å². The highest BCUT2D eigenvalue weighted by Gasteiger charge is 2.20. The van der Waals surface area contributed by atoms with Crippen LogP contribution in [0.1, 0.15) is 10.4 Å². The molecule has 0 N–H and O–H groups in total. The number of carbonyl (C=O) groups is 1. The fraction of sp³-hybridized carbons (Fsp3) is 0.111.